The van der Waals surface area contributed by atoms with Crippen LogP contribution >= 0.6 is 0 Å². The third-order valence-electron chi connectivity index (χ3n) is 15.5. The Morgan fingerprint density at radius 1 is 0.266 bits per heavy atom. The highest BCUT2D eigenvalue weighted by Gasteiger charge is 2.19. The zero-order valence-corrected chi connectivity index (χ0v) is 52.9. The van der Waals surface area contributed by atoms with Crippen molar-refractivity contribution in [1.29, 1.82) is 0 Å². The summed E-state index contributed by atoms with van der Waals surface area (Å²) in [6.45, 7) is 6.52. The van der Waals surface area contributed by atoms with Crippen molar-refractivity contribution < 1.29 is 28.6 Å². The molecule has 1 unspecified atom stereocenters. The van der Waals surface area contributed by atoms with Crippen molar-refractivity contribution in [3.8, 4) is 0 Å². The first kappa shape index (κ1) is 76.1. The van der Waals surface area contributed by atoms with E-state index in [9.17, 15) is 14.4 Å². The first-order chi connectivity index (χ1) is 39.0. The molecule has 0 aliphatic rings. The molecule has 0 spiro atoms. The van der Waals surface area contributed by atoms with Crippen LogP contribution in [-0.4, -0.2) is 37.2 Å². The first-order valence-corrected chi connectivity index (χ1v) is 34.8. The van der Waals surface area contributed by atoms with Gasteiger partial charge in [0.05, 0.1) is 0 Å². The van der Waals surface area contributed by atoms with Crippen LogP contribution in [0.25, 0.3) is 0 Å². The van der Waals surface area contributed by atoms with Gasteiger partial charge in [0.25, 0.3) is 0 Å². The Kier molecular flexibility index (Phi) is 65.1. The van der Waals surface area contributed by atoms with Crippen molar-refractivity contribution in [1.82, 2.24) is 0 Å². The van der Waals surface area contributed by atoms with Gasteiger partial charge < -0.3 is 14.2 Å². The normalized spacial score (nSPS) is 12.4. The van der Waals surface area contributed by atoms with E-state index in [2.05, 4.69) is 81.5 Å². The molecule has 0 radical (unpaired) electrons. The number of ether oxygens (including phenoxy) is 3. The molecule has 0 aromatic heterocycles. The predicted molar refractivity (Wildman–Crippen MR) is 344 cm³/mol. The van der Waals surface area contributed by atoms with Gasteiger partial charge in [-0.3, -0.25) is 14.4 Å². The number of unbranched alkanes of at least 4 members (excludes halogenated alkanes) is 43. The Balaban J connectivity index is 4.18. The average Bonchev–Trinajstić information content (AvgIpc) is 3.45. The van der Waals surface area contributed by atoms with Crippen LogP contribution in [0.5, 0.6) is 0 Å². The van der Waals surface area contributed by atoms with Crippen LogP contribution in [0, 0.1) is 0 Å². The van der Waals surface area contributed by atoms with Crippen molar-refractivity contribution in [2.75, 3.05) is 13.2 Å². The fourth-order valence-electron chi connectivity index (χ4n) is 10.3. The zero-order valence-electron chi connectivity index (χ0n) is 52.9. The molecule has 0 fully saturated rings. The van der Waals surface area contributed by atoms with Crippen LogP contribution in [-0.2, 0) is 28.6 Å². The van der Waals surface area contributed by atoms with E-state index in [0.29, 0.717) is 19.3 Å². The summed E-state index contributed by atoms with van der Waals surface area (Å²) < 4.78 is 16.9. The molecule has 6 heteroatoms. The van der Waals surface area contributed by atoms with Crippen molar-refractivity contribution in [3.63, 3.8) is 0 Å². The fourth-order valence-corrected chi connectivity index (χ4v) is 10.3. The summed E-state index contributed by atoms with van der Waals surface area (Å²) in [5.74, 6) is -0.885. The van der Waals surface area contributed by atoms with Gasteiger partial charge in [0, 0.05) is 19.3 Å². The van der Waals surface area contributed by atoms with Crippen molar-refractivity contribution in [2.24, 2.45) is 0 Å². The zero-order chi connectivity index (χ0) is 57.1. The maximum atomic E-state index is 12.9. The summed E-state index contributed by atoms with van der Waals surface area (Å²) in [5, 5.41) is 0. The molecule has 1 atom stereocenters. The standard InChI is InChI=1S/C73H132O6/c1-4-7-10-13-16-19-22-25-28-30-31-32-33-34-35-36-37-38-39-40-41-42-44-45-48-51-54-57-60-63-66-72(75)78-69-70(68-77-71(74)65-62-59-56-53-50-47-27-24-21-18-15-12-9-6-3)79-73(76)67-64-61-58-55-52-49-46-43-29-26-23-20-17-14-11-8-5-2/h8,11,15,17-18,20,24,26-27,29,70H,4-7,9-10,12-14,16,19,21-23,25,28,30-69H2,1-3H3/b11-8-,18-15-,20-17-,27-24-,29-26-. The lowest BCUT2D eigenvalue weighted by molar-refractivity contribution is -0.167. The second-order valence-corrected chi connectivity index (χ2v) is 23.4. The molecule has 0 heterocycles. The molecule has 0 saturated heterocycles. The number of hydrogen-bond donors (Lipinski definition) is 0. The Hall–Kier alpha value is -2.89. The van der Waals surface area contributed by atoms with Crippen molar-refractivity contribution in [3.05, 3.63) is 60.8 Å². The second kappa shape index (κ2) is 67.6. The minimum absolute atomic E-state index is 0.0798. The molecule has 0 aromatic carbocycles. The molecule has 0 saturated carbocycles. The van der Waals surface area contributed by atoms with Crippen LogP contribution in [0.3, 0.4) is 0 Å². The van der Waals surface area contributed by atoms with Crippen LogP contribution in [0.15, 0.2) is 60.8 Å². The second-order valence-electron chi connectivity index (χ2n) is 23.4. The minimum Gasteiger partial charge on any atom is -0.462 e. The van der Waals surface area contributed by atoms with Gasteiger partial charge in [-0.1, -0.05) is 332 Å². The van der Waals surface area contributed by atoms with Crippen molar-refractivity contribution in [2.45, 2.75) is 374 Å². The Bertz CT molecular complexity index is 1410. The van der Waals surface area contributed by atoms with Crippen LogP contribution in [0.4, 0.5) is 0 Å². The summed E-state index contributed by atoms with van der Waals surface area (Å²) in [5.41, 5.74) is 0. The highest BCUT2D eigenvalue weighted by atomic mass is 16.6. The Labute approximate surface area is 491 Å². The van der Waals surface area contributed by atoms with E-state index in [1.165, 1.54) is 225 Å². The smallest absolute Gasteiger partial charge is 0.306 e. The highest BCUT2D eigenvalue weighted by Crippen LogP contribution is 2.18. The van der Waals surface area contributed by atoms with Crippen LogP contribution < -0.4 is 0 Å². The molecule has 0 aliphatic carbocycles. The highest BCUT2D eigenvalue weighted by molar-refractivity contribution is 5.71. The van der Waals surface area contributed by atoms with Gasteiger partial charge in [-0.2, -0.15) is 0 Å². The van der Waals surface area contributed by atoms with Gasteiger partial charge in [-0.25, -0.2) is 0 Å². The number of esters is 3. The molecule has 0 N–H and O–H groups in total. The summed E-state index contributed by atoms with van der Waals surface area (Å²) in [7, 11) is 0. The molecule has 0 aromatic rings. The largest absolute Gasteiger partial charge is 0.462 e. The quantitative estimate of drug-likeness (QED) is 0.0261. The molecule has 0 bridgehead atoms. The van der Waals surface area contributed by atoms with Crippen molar-refractivity contribution >= 4 is 17.9 Å². The molecular formula is C73H132O6. The Morgan fingerprint density at radius 3 is 0.810 bits per heavy atom. The molecule has 6 nitrogen and oxygen atoms in total. The number of carbonyl (C=O) groups excluding carboxylic acids is 3. The lowest BCUT2D eigenvalue weighted by Gasteiger charge is -2.18. The third-order valence-corrected chi connectivity index (χ3v) is 15.5. The van der Waals surface area contributed by atoms with Gasteiger partial charge in [-0.05, 0) is 77.0 Å². The van der Waals surface area contributed by atoms with E-state index < -0.39 is 6.10 Å². The molecule has 0 aliphatic heterocycles. The maximum Gasteiger partial charge on any atom is 0.306 e. The number of hydrogen-bond acceptors (Lipinski definition) is 6. The van der Waals surface area contributed by atoms with E-state index in [1.807, 2.05) is 0 Å². The number of allylic oxidation sites excluding steroid dienone is 10. The van der Waals surface area contributed by atoms with E-state index in [4.69, 9.17) is 14.2 Å². The monoisotopic (exact) mass is 1110 g/mol. The molecular weight excluding hydrogens is 973 g/mol. The Morgan fingerprint density at radius 2 is 0.506 bits per heavy atom. The lowest BCUT2D eigenvalue weighted by atomic mass is 10.0. The van der Waals surface area contributed by atoms with Gasteiger partial charge in [-0.15, -0.1) is 0 Å². The molecule has 460 valence electrons. The van der Waals surface area contributed by atoms with E-state index in [1.54, 1.807) is 0 Å². The first-order valence-electron chi connectivity index (χ1n) is 34.8. The fraction of sp³-hybridized carbons (Fsp3) is 0.822. The lowest BCUT2D eigenvalue weighted by Crippen LogP contribution is -2.30. The number of carbonyl (C=O) groups is 3. The van der Waals surface area contributed by atoms with Gasteiger partial charge in [0.1, 0.15) is 13.2 Å². The van der Waals surface area contributed by atoms with Crippen LogP contribution in [0.1, 0.15) is 367 Å². The van der Waals surface area contributed by atoms with Gasteiger partial charge in [0.15, 0.2) is 6.10 Å². The average molecular weight is 1110 g/mol. The summed E-state index contributed by atoms with van der Waals surface area (Å²) in [4.78, 5) is 38.4. The van der Waals surface area contributed by atoms with E-state index >= 15 is 0 Å². The van der Waals surface area contributed by atoms with Gasteiger partial charge >= 0.3 is 17.9 Å². The summed E-state index contributed by atoms with van der Waals surface area (Å²) >= 11 is 0. The minimum atomic E-state index is -0.785. The predicted octanol–water partition coefficient (Wildman–Crippen LogP) is 23.9. The number of rotatable bonds is 64. The summed E-state index contributed by atoms with van der Waals surface area (Å²) in [6, 6.07) is 0. The molecule has 0 rings (SSSR count). The molecule has 0 amide bonds. The summed E-state index contributed by atoms with van der Waals surface area (Å²) in [6.07, 6.45) is 86.9. The van der Waals surface area contributed by atoms with Crippen LogP contribution in [0.2, 0.25) is 0 Å². The SMILES string of the molecule is CC/C=C\C/C=C\C/C=C\CCCCCCCCCC(=O)OC(COC(=O)CCCCCCC/C=C\C/C=C\CCCC)COC(=O)CCCCCCCCCCCCCCCCCCCCCCCCCCCCCCCC. The third kappa shape index (κ3) is 65.8. The van der Waals surface area contributed by atoms with E-state index in [0.717, 1.165) is 103 Å². The van der Waals surface area contributed by atoms with Gasteiger partial charge in [0.2, 0.25) is 0 Å². The topological polar surface area (TPSA) is 78.9 Å². The maximum absolute atomic E-state index is 12.9. The molecule has 79 heavy (non-hydrogen) atoms. The van der Waals surface area contributed by atoms with E-state index in [-0.39, 0.29) is 31.1 Å².